The van der Waals surface area contributed by atoms with E-state index in [2.05, 4.69) is 5.32 Å². The Bertz CT molecular complexity index is 524. The summed E-state index contributed by atoms with van der Waals surface area (Å²) < 4.78 is 16.2. The number of rotatable bonds is 11. The summed E-state index contributed by atoms with van der Waals surface area (Å²) in [4.78, 5) is 12.6. The summed E-state index contributed by atoms with van der Waals surface area (Å²) in [6.45, 7) is 7.33. The van der Waals surface area contributed by atoms with Crippen LogP contribution in [0, 0.1) is 0 Å². The van der Waals surface area contributed by atoms with Crippen molar-refractivity contribution in [3.8, 4) is 5.75 Å². The molecule has 5 nitrogen and oxygen atoms in total. The van der Waals surface area contributed by atoms with E-state index in [1.807, 2.05) is 20.8 Å². The average molecular weight is 358 g/mol. The van der Waals surface area contributed by atoms with Gasteiger partial charge in [0.2, 0.25) is 0 Å². The summed E-state index contributed by atoms with van der Waals surface area (Å²) in [6.07, 6.45) is 2.39. The fourth-order valence-corrected chi connectivity index (χ4v) is 2.48. The summed E-state index contributed by atoms with van der Waals surface area (Å²) in [6, 6.07) is 5.17. The van der Waals surface area contributed by atoms with E-state index in [1.165, 1.54) is 0 Å². The molecule has 0 aliphatic carbocycles. The maximum atomic E-state index is 12.6. The molecule has 1 aromatic rings. The zero-order valence-electron chi connectivity index (χ0n) is 15.0. The maximum Gasteiger partial charge on any atom is 0.256 e. The number of nitrogens with one attached hydrogen (secondary N) is 1. The van der Waals surface area contributed by atoms with E-state index >= 15 is 0 Å². The van der Waals surface area contributed by atoms with Crippen LogP contribution in [0.1, 0.15) is 40.0 Å². The number of ether oxygens (including phenoxy) is 3. The monoisotopic (exact) mass is 357 g/mol. The molecule has 0 aliphatic heterocycles. The smallest absolute Gasteiger partial charge is 0.256 e. The van der Waals surface area contributed by atoms with Crippen LogP contribution in [0.3, 0.4) is 0 Å². The van der Waals surface area contributed by atoms with E-state index in [0.717, 1.165) is 12.8 Å². The van der Waals surface area contributed by atoms with Gasteiger partial charge >= 0.3 is 0 Å². The molecule has 6 heteroatoms. The van der Waals surface area contributed by atoms with Crippen LogP contribution in [0.2, 0.25) is 5.02 Å². The third-order valence-corrected chi connectivity index (χ3v) is 3.86. The van der Waals surface area contributed by atoms with Crippen LogP contribution in [0.25, 0.3) is 0 Å². The van der Waals surface area contributed by atoms with Crippen molar-refractivity contribution < 1.29 is 19.0 Å². The van der Waals surface area contributed by atoms with Gasteiger partial charge in [0.25, 0.3) is 5.91 Å². The van der Waals surface area contributed by atoms with Crippen LogP contribution in [0.5, 0.6) is 5.75 Å². The Hall–Kier alpha value is -1.30. The molecule has 1 aromatic carbocycles. The van der Waals surface area contributed by atoms with Gasteiger partial charge in [-0.15, -0.1) is 0 Å². The molecule has 0 aromatic heterocycles. The fourth-order valence-electron chi connectivity index (χ4n) is 2.25. The van der Waals surface area contributed by atoms with Crippen molar-refractivity contribution in [2.24, 2.45) is 0 Å². The SMILES string of the molecule is CCCO[C@@](C)(CCC)C(=O)Nc1ccc(OCCOC)c(Cl)c1. The van der Waals surface area contributed by atoms with Gasteiger partial charge in [0, 0.05) is 19.4 Å². The van der Waals surface area contributed by atoms with Crippen molar-refractivity contribution in [3.05, 3.63) is 23.2 Å². The molecule has 0 heterocycles. The normalized spacial score (nSPS) is 13.4. The van der Waals surface area contributed by atoms with Crippen LogP contribution >= 0.6 is 11.6 Å². The molecule has 0 aliphatic rings. The summed E-state index contributed by atoms with van der Waals surface area (Å²) in [5, 5.41) is 3.32. The average Bonchev–Trinajstić information content (AvgIpc) is 2.55. The Labute approximate surface area is 149 Å². The van der Waals surface area contributed by atoms with Gasteiger partial charge in [-0.2, -0.15) is 0 Å². The Morgan fingerprint density at radius 2 is 1.96 bits per heavy atom. The molecule has 1 rings (SSSR count). The summed E-state index contributed by atoms with van der Waals surface area (Å²) in [5.74, 6) is 0.396. The number of halogens is 1. The quantitative estimate of drug-likeness (QED) is 0.600. The highest BCUT2D eigenvalue weighted by molar-refractivity contribution is 6.32. The van der Waals surface area contributed by atoms with Crippen molar-refractivity contribution in [2.45, 2.75) is 45.6 Å². The second-order valence-corrected chi connectivity index (χ2v) is 6.18. The summed E-state index contributed by atoms with van der Waals surface area (Å²) >= 11 is 6.20. The van der Waals surface area contributed by atoms with Crippen molar-refractivity contribution in [3.63, 3.8) is 0 Å². The molecule has 136 valence electrons. The maximum absolute atomic E-state index is 12.6. The van der Waals surface area contributed by atoms with Crippen LogP contribution in [-0.2, 0) is 14.3 Å². The minimum absolute atomic E-state index is 0.165. The number of methoxy groups -OCH3 is 1. The molecule has 0 unspecified atom stereocenters. The topological polar surface area (TPSA) is 56.8 Å². The zero-order chi connectivity index (χ0) is 18.0. The molecule has 24 heavy (non-hydrogen) atoms. The Morgan fingerprint density at radius 3 is 2.54 bits per heavy atom. The van der Waals surface area contributed by atoms with E-state index in [0.29, 0.717) is 42.7 Å². The van der Waals surface area contributed by atoms with Gasteiger partial charge in [0.15, 0.2) is 0 Å². The lowest BCUT2D eigenvalue weighted by molar-refractivity contribution is -0.140. The number of hydrogen-bond donors (Lipinski definition) is 1. The molecular weight excluding hydrogens is 330 g/mol. The fraction of sp³-hybridized carbons (Fsp3) is 0.611. The summed E-state index contributed by atoms with van der Waals surface area (Å²) in [5.41, 5.74) is -0.225. The van der Waals surface area contributed by atoms with Gasteiger partial charge in [-0.3, -0.25) is 4.79 Å². The third kappa shape index (κ3) is 6.30. The van der Waals surface area contributed by atoms with Crippen molar-refractivity contribution in [1.82, 2.24) is 0 Å². The lowest BCUT2D eigenvalue weighted by Gasteiger charge is -2.28. The standard InChI is InChI=1S/C18H28ClNO4/c1-5-9-18(3,24-10-6-2)17(21)20-14-7-8-16(15(19)13-14)23-12-11-22-4/h7-8,13H,5-6,9-12H2,1-4H3,(H,20,21)/t18-/m0/s1. The molecule has 1 amide bonds. The molecular formula is C18H28ClNO4. The highest BCUT2D eigenvalue weighted by Crippen LogP contribution is 2.29. The van der Waals surface area contributed by atoms with E-state index in [-0.39, 0.29) is 5.91 Å². The van der Waals surface area contributed by atoms with Gasteiger partial charge in [-0.25, -0.2) is 0 Å². The predicted molar refractivity (Wildman–Crippen MR) is 97.0 cm³/mol. The molecule has 0 radical (unpaired) electrons. The Balaban J connectivity index is 2.76. The van der Waals surface area contributed by atoms with E-state index in [4.69, 9.17) is 25.8 Å². The number of anilines is 1. The largest absolute Gasteiger partial charge is 0.490 e. The molecule has 0 saturated carbocycles. The van der Waals surface area contributed by atoms with Crippen LogP contribution < -0.4 is 10.1 Å². The molecule has 1 N–H and O–H groups in total. The molecule has 0 fully saturated rings. The first kappa shape index (κ1) is 20.7. The van der Waals surface area contributed by atoms with Crippen LogP contribution in [-0.4, -0.2) is 38.4 Å². The van der Waals surface area contributed by atoms with Gasteiger partial charge in [0.1, 0.15) is 18.0 Å². The van der Waals surface area contributed by atoms with Gasteiger partial charge < -0.3 is 19.5 Å². The van der Waals surface area contributed by atoms with Gasteiger partial charge in [0.05, 0.1) is 11.6 Å². The molecule has 0 spiro atoms. The van der Waals surface area contributed by atoms with E-state index < -0.39 is 5.60 Å². The number of benzene rings is 1. The molecule has 0 bridgehead atoms. The zero-order valence-corrected chi connectivity index (χ0v) is 15.7. The second kappa shape index (κ2) is 10.5. The van der Waals surface area contributed by atoms with Crippen molar-refractivity contribution in [1.29, 1.82) is 0 Å². The first-order valence-corrected chi connectivity index (χ1v) is 8.71. The number of hydrogen-bond acceptors (Lipinski definition) is 4. The first-order chi connectivity index (χ1) is 11.5. The highest BCUT2D eigenvalue weighted by Gasteiger charge is 2.33. The highest BCUT2D eigenvalue weighted by atomic mass is 35.5. The lowest BCUT2D eigenvalue weighted by Crippen LogP contribution is -2.43. The van der Waals surface area contributed by atoms with Gasteiger partial charge in [-0.05, 0) is 38.0 Å². The summed E-state index contributed by atoms with van der Waals surface area (Å²) in [7, 11) is 1.61. The van der Waals surface area contributed by atoms with Gasteiger partial charge in [-0.1, -0.05) is 31.9 Å². The second-order valence-electron chi connectivity index (χ2n) is 5.77. The van der Waals surface area contributed by atoms with Crippen LogP contribution in [0.4, 0.5) is 5.69 Å². The minimum atomic E-state index is -0.842. The molecule has 1 atom stereocenters. The Kier molecular flexibility index (Phi) is 9.11. The minimum Gasteiger partial charge on any atom is -0.490 e. The van der Waals surface area contributed by atoms with Crippen LogP contribution in [0.15, 0.2) is 18.2 Å². The number of amides is 1. The first-order valence-electron chi connectivity index (χ1n) is 8.33. The Morgan fingerprint density at radius 1 is 1.21 bits per heavy atom. The number of carbonyl (C=O) groups excluding carboxylic acids is 1. The number of carbonyl (C=O) groups is 1. The third-order valence-electron chi connectivity index (χ3n) is 3.57. The van der Waals surface area contributed by atoms with E-state index in [9.17, 15) is 4.79 Å². The molecule has 0 saturated heterocycles. The van der Waals surface area contributed by atoms with Crippen molar-refractivity contribution >= 4 is 23.2 Å². The predicted octanol–water partition coefficient (Wildman–Crippen LogP) is 4.29. The lowest BCUT2D eigenvalue weighted by atomic mass is 9.99. The van der Waals surface area contributed by atoms with Crippen molar-refractivity contribution in [2.75, 3.05) is 32.2 Å². The van der Waals surface area contributed by atoms with E-state index in [1.54, 1.807) is 25.3 Å².